The summed E-state index contributed by atoms with van der Waals surface area (Å²) in [4.78, 5) is 0. The fraction of sp³-hybridized carbons (Fsp3) is 1.00. The summed E-state index contributed by atoms with van der Waals surface area (Å²) in [6.45, 7) is 1.00. The number of hydrogen-bond donors (Lipinski definition) is 1. The van der Waals surface area contributed by atoms with E-state index in [-0.39, 0.29) is 0 Å². The highest BCUT2D eigenvalue weighted by molar-refractivity contribution is 5.07. The van der Waals surface area contributed by atoms with Gasteiger partial charge >= 0.3 is 6.18 Å². The van der Waals surface area contributed by atoms with Crippen molar-refractivity contribution >= 4 is 0 Å². The molecule has 2 aliphatic rings. The van der Waals surface area contributed by atoms with Crippen LogP contribution >= 0.6 is 0 Å². The Bertz CT molecular complexity index is 211. The maximum Gasteiger partial charge on any atom is 0.438 e. The Labute approximate surface area is 67.0 Å². The molecule has 0 spiro atoms. The van der Waals surface area contributed by atoms with E-state index in [4.69, 9.17) is 0 Å². The second kappa shape index (κ2) is 2.18. The summed E-state index contributed by atoms with van der Waals surface area (Å²) in [5.41, 5.74) is -2.05. The highest BCUT2D eigenvalue weighted by Crippen LogP contribution is 2.51. The average Bonchev–Trinajstić information content (AvgIpc) is 2.61. The van der Waals surface area contributed by atoms with E-state index in [9.17, 15) is 13.2 Å². The standard InChI is InChI=1S/C6H8F3N3/c7-6(8,9)5(11-12-5)4-1-2-10-3-4/h4,10H,1-3H2. The molecule has 0 aromatic carbocycles. The first-order chi connectivity index (χ1) is 5.56. The Kier molecular flexibility index (Phi) is 1.45. The molecular weight excluding hydrogens is 171 g/mol. The maximum absolute atomic E-state index is 12.3. The van der Waals surface area contributed by atoms with Gasteiger partial charge in [-0.25, -0.2) is 0 Å². The van der Waals surface area contributed by atoms with Crippen molar-refractivity contribution in [2.45, 2.75) is 18.3 Å². The van der Waals surface area contributed by atoms with Crippen molar-refractivity contribution in [1.29, 1.82) is 0 Å². The van der Waals surface area contributed by atoms with E-state index in [0.717, 1.165) is 0 Å². The lowest BCUT2D eigenvalue weighted by Crippen LogP contribution is -2.41. The quantitative estimate of drug-likeness (QED) is 0.647. The Morgan fingerprint density at radius 3 is 2.33 bits per heavy atom. The summed E-state index contributed by atoms with van der Waals surface area (Å²) in [5.74, 6) is -0.488. The fourth-order valence-electron chi connectivity index (χ4n) is 1.56. The van der Waals surface area contributed by atoms with Crippen LogP contribution in [0.4, 0.5) is 13.2 Å². The zero-order chi connectivity index (χ0) is 8.82. The average molecular weight is 179 g/mol. The fourth-order valence-corrected chi connectivity index (χ4v) is 1.56. The second-order valence-corrected chi connectivity index (χ2v) is 3.11. The van der Waals surface area contributed by atoms with Crippen LogP contribution in [0.15, 0.2) is 10.2 Å². The van der Waals surface area contributed by atoms with Gasteiger partial charge in [-0.1, -0.05) is 0 Å². The molecule has 1 saturated heterocycles. The molecule has 2 heterocycles. The van der Waals surface area contributed by atoms with Crippen LogP contribution in [0.2, 0.25) is 0 Å². The van der Waals surface area contributed by atoms with Crippen LogP contribution in [0.5, 0.6) is 0 Å². The van der Waals surface area contributed by atoms with E-state index in [0.29, 0.717) is 19.5 Å². The lowest BCUT2D eigenvalue weighted by molar-refractivity contribution is -0.174. The molecule has 0 aromatic rings. The highest BCUT2D eigenvalue weighted by Gasteiger charge is 2.68. The zero-order valence-corrected chi connectivity index (χ0v) is 6.23. The molecule has 0 saturated carbocycles. The van der Waals surface area contributed by atoms with Gasteiger partial charge in [-0.15, -0.1) is 10.2 Å². The van der Waals surface area contributed by atoms with E-state index < -0.39 is 17.8 Å². The molecule has 1 N–H and O–H groups in total. The van der Waals surface area contributed by atoms with Gasteiger partial charge in [-0.05, 0) is 13.0 Å². The monoisotopic (exact) mass is 179 g/mol. The predicted octanol–water partition coefficient (Wildman–Crippen LogP) is 1.32. The molecule has 2 aliphatic heterocycles. The number of hydrogen-bond acceptors (Lipinski definition) is 3. The topological polar surface area (TPSA) is 36.8 Å². The third-order valence-electron chi connectivity index (χ3n) is 2.36. The summed E-state index contributed by atoms with van der Waals surface area (Å²) in [6, 6.07) is 0. The van der Waals surface area contributed by atoms with Gasteiger partial charge in [0.15, 0.2) is 0 Å². The Morgan fingerprint density at radius 2 is 2.00 bits per heavy atom. The molecule has 68 valence electrons. The number of halogens is 3. The van der Waals surface area contributed by atoms with Crippen LogP contribution in [0.1, 0.15) is 6.42 Å². The molecule has 0 aliphatic carbocycles. The summed E-state index contributed by atoms with van der Waals surface area (Å²) in [7, 11) is 0. The van der Waals surface area contributed by atoms with Crippen molar-refractivity contribution in [2.24, 2.45) is 16.1 Å². The predicted molar refractivity (Wildman–Crippen MR) is 34.6 cm³/mol. The molecule has 6 heteroatoms. The van der Waals surface area contributed by atoms with Crippen LogP contribution in [0.3, 0.4) is 0 Å². The molecular formula is C6H8F3N3. The van der Waals surface area contributed by atoms with Crippen LogP contribution < -0.4 is 5.32 Å². The van der Waals surface area contributed by atoms with Gasteiger partial charge in [0.25, 0.3) is 5.66 Å². The van der Waals surface area contributed by atoms with Gasteiger partial charge in [-0.2, -0.15) is 13.2 Å². The van der Waals surface area contributed by atoms with Crippen molar-refractivity contribution in [2.75, 3.05) is 13.1 Å². The van der Waals surface area contributed by atoms with Gasteiger partial charge < -0.3 is 5.32 Å². The first-order valence-corrected chi connectivity index (χ1v) is 3.78. The van der Waals surface area contributed by atoms with Gasteiger partial charge in [-0.3, -0.25) is 0 Å². The van der Waals surface area contributed by atoms with Crippen molar-refractivity contribution < 1.29 is 13.2 Å². The molecule has 0 aromatic heterocycles. The van der Waals surface area contributed by atoms with Crippen molar-refractivity contribution in [1.82, 2.24) is 5.32 Å². The third kappa shape index (κ3) is 0.939. The van der Waals surface area contributed by atoms with E-state index in [2.05, 4.69) is 15.5 Å². The SMILES string of the molecule is FC(F)(F)C1(C2CCNC2)N=N1. The van der Waals surface area contributed by atoms with Crippen LogP contribution in [0.25, 0.3) is 0 Å². The van der Waals surface area contributed by atoms with Crippen molar-refractivity contribution in [3.05, 3.63) is 0 Å². The van der Waals surface area contributed by atoms with Crippen molar-refractivity contribution in [3.8, 4) is 0 Å². The minimum absolute atomic E-state index is 0.368. The number of nitrogens with zero attached hydrogens (tertiary/aromatic N) is 2. The normalized spacial score (nSPS) is 32.4. The lowest BCUT2D eigenvalue weighted by atomic mass is 9.95. The minimum Gasteiger partial charge on any atom is -0.316 e. The van der Waals surface area contributed by atoms with Crippen molar-refractivity contribution in [3.63, 3.8) is 0 Å². The molecule has 1 unspecified atom stereocenters. The molecule has 0 radical (unpaired) electrons. The molecule has 1 atom stereocenters. The molecule has 12 heavy (non-hydrogen) atoms. The second-order valence-electron chi connectivity index (χ2n) is 3.11. The van der Waals surface area contributed by atoms with Crippen LogP contribution in [0, 0.1) is 5.92 Å². The minimum atomic E-state index is -4.30. The van der Waals surface area contributed by atoms with E-state index >= 15 is 0 Å². The highest BCUT2D eigenvalue weighted by atomic mass is 19.4. The Balaban J connectivity index is 2.11. The van der Waals surface area contributed by atoms with E-state index in [1.165, 1.54) is 0 Å². The van der Waals surface area contributed by atoms with Gasteiger partial charge in [0, 0.05) is 12.5 Å². The van der Waals surface area contributed by atoms with Crippen LogP contribution in [-0.2, 0) is 0 Å². The summed E-state index contributed by atoms with van der Waals surface area (Å²) in [6.07, 6.45) is -3.80. The largest absolute Gasteiger partial charge is 0.438 e. The van der Waals surface area contributed by atoms with E-state index in [1.54, 1.807) is 0 Å². The zero-order valence-electron chi connectivity index (χ0n) is 6.23. The molecule has 0 amide bonds. The lowest BCUT2D eigenvalue weighted by Gasteiger charge is -2.19. The Morgan fingerprint density at radius 1 is 1.33 bits per heavy atom. The molecule has 0 bridgehead atoms. The number of nitrogens with one attached hydrogen (secondary N) is 1. The maximum atomic E-state index is 12.3. The molecule has 3 nitrogen and oxygen atoms in total. The molecule has 1 fully saturated rings. The summed E-state index contributed by atoms with van der Waals surface area (Å²) >= 11 is 0. The van der Waals surface area contributed by atoms with E-state index in [1.807, 2.05) is 0 Å². The van der Waals surface area contributed by atoms with Crippen LogP contribution in [-0.4, -0.2) is 24.9 Å². The molecule has 2 rings (SSSR count). The first-order valence-electron chi connectivity index (χ1n) is 3.78. The third-order valence-corrected chi connectivity index (χ3v) is 2.36. The number of alkyl halides is 3. The smallest absolute Gasteiger partial charge is 0.316 e. The summed E-state index contributed by atoms with van der Waals surface area (Å²) < 4.78 is 37.0. The summed E-state index contributed by atoms with van der Waals surface area (Å²) in [5, 5.41) is 9.16. The van der Waals surface area contributed by atoms with Gasteiger partial charge in [0.2, 0.25) is 0 Å². The van der Waals surface area contributed by atoms with Gasteiger partial charge in [0.05, 0.1) is 0 Å². The number of rotatable bonds is 1. The van der Waals surface area contributed by atoms with Gasteiger partial charge in [0.1, 0.15) is 0 Å². The first kappa shape index (κ1) is 7.97. The Hall–Kier alpha value is -0.650.